The van der Waals surface area contributed by atoms with Gasteiger partial charge in [0.25, 0.3) is 0 Å². The second kappa shape index (κ2) is 9.28. The van der Waals surface area contributed by atoms with Crippen LogP contribution in [0.1, 0.15) is 67.9 Å². The van der Waals surface area contributed by atoms with Gasteiger partial charge in [0.1, 0.15) is 5.60 Å². The number of carbonyl (C=O) groups is 2. The van der Waals surface area contributed by atoms with Crippen molar-refractivity contribution in [3.05, 3.63) is 65.2 Å². The van der Waals surface area contributed by atoms with E-state index in [1.807, 2.05) is 43.0 Å². The number of primary amides is 1. The van der Waals surface area contributed by atoms with E-state index in [4.69, 9.17) is 10.5 Å². The van der Waals surface area contributed by atoms with Gasteiger partial charge in [0.15, 0.2) is 0 Å². The largest absolute Gasteiger partial charge is 0.441 e. The quantitative estimate of drug-likeness (QED) is 0.554. The van der Waals surface area contributed by atoms with E-state index in [1.165, 1.54) is 24.8 Å². The van der Waals surface area contributed by atoms with Gasteiger partial charge in [0, 0.05) is 11.6 Å². The van der Waals surface area contributed by atoms with E-state index < -0.39 is 11.5 Å². The van der Waals surface area contributed by atoms with Crippen molar-refractivity contribution in [2.75, 3.05) is 0 Å². The van der Waals surface area contributed by atoms with Crippen LogP contribution in [0.15, 0.2) is 54.0 Å². The minimum absolute atomic E-state index is 0.0271. The van der Waals surface area contributed by atoms with Crippen LogP contribution in [-0.2, 0) is 4.74 Å². The molecule has 1 aliphatic heterocycles. The summed E-state index contributed by atoms with van der Waals surface area (Å²) in [5.41, 5.74) is 8.91. The molecule has 1 unspecified atom stereocenters. The van der Waals surface area contributed by atoms with Gasteiger partial charge in [-0.05, 0) is 50.5 Å². The maximum absolute atomic E-state index is 12.4. The molecule has 0 spiro atoms. The maximum Gasteiger partial charge on any atom is 0.411 e. The summed E-state index contributed by atoms with van der Waals surface area (Å²) in [4.78, 5) is 29.2. The van der Waals surface area contributed by atoms with E-state index in [0.717, 1.165) is 23.1 Å². The normalized spacial score (nSPS) is 20.5. The summed E-state index contributed by atoms with van der Waals surface area (Å²) in [5, 5.41) is 0. The lowest BCUT2D eigenvalue weighted by molar-refractivity contribution is 0.0664. The van der Waals surface area contributed by atoms with Crippen molar-refractivity contribution >= 4 is 33.6 Å². The third-order valence-electron chi connectivity index (χ3n) is 6.20. The number of rotatable bonds is 3. The highest BCUT2D eigenvalue weighted by molar-refractivity contribution is 7.16. The van der Waals surface area contributed by atoms with Crippen LogP contribution in [0, 0.1) is 0 Å². The highest BCUT2D eigenvalue weighted by Gasteiger charge is 2.50. The lowest BCUT2D eigenvalue weighted by Gasteiger charge is -2.36. The zero-order chi connectivity index (χ0) is 22.7. The smallest absolute Gasteiger partial charge is 0.411 e. The number of hydrogen-bond donors (Lipinski definition) is 1. The zero-order valence-corrected chi connectivity index (χ0v) is 19.3. The first-order valence-electron chi connectivity index (χ1n) is 11.1. The van der Waals surface area contributed by atoms with E-state index in [1.54, 1.807) is 29.0 Å². The number of nitrogens with zero attached hydrogens (tertiary/aromatic N) is 2. The van der Waals surface area contributed by atoms with Crippen LogP contribution in [0.4, 0.5) is 4.79 Å². The van der Waals surface area contributed by atoms with E-state index in [0.29, 0.717) is 11.6 Å². The van der Waals surface area contributed by atoms with Crippen molar-refractivity contribution in [2.24, 2.45) is 5.73 Å². The number of hydrogen-bond acceptors (Lipinski definition) is 5. The Balaban J connectivity index is 0.000000174. The Bertz CT molecular complexity index is 1090. The number of fused-ring (bicyclic) bond motifs is 1. The molecule has 168 valence electrons. The second-order valence-electron chi connectivity index (χ2n) is 8.88. The number of benzene rings is 2. The summed E-state index contributed by atoms with van der Waals surface area (Å²) in [6, 6.07) is 15.9. The molecule has 1 saturated heterocycles. The van der Waals surface area contributed by atoms with Gasteiger partial charge in [-0.25, -0.2) is 9.78 Å². The van der Waals surface area contributed by atoms with Gasteiger partial charge >= 0.3 is 6.09 Å². The lowest BCUT2D eigenvalue weighted by atomic mass is 9.87. The van der Waals surface area contributed by atoms with Gasteiger partial charge in [-0.15, -0.1) is 11.3 Å². The summed E-state index contributed by atoms with van der Waals surface area (Å²) >= 11 is 1.54. The molecule has 2 aliphatic rings. The minimum atomic E-state index is -0.462. The molecule has 2 fully saturated rings. The monoisotopic (exact) mass is 451 g/mol. The summed E-state index contributed by atoms with van der Waals surface area (Å²) in [6.45, 7) is 4.04. The molecular weight excluding hydrogens is 422 g/mol. The van der Waals surface area contributed by atoms with E-state index in [2.05, 4.69) is 17.1 Å². The van der Waals surface area contributed by atoms with Crippen molar-refractivity contribution in [3.63, 3.8) is 0 Å². The fraction of sp³-hybridized carbons (Fsp3) is 0.400. The third kappa shape index (κ3) is 4.63. The lowest BCUT2D eigenvalue weighted by Crippen LogP contribution is -2.41. The summed E-state index contributed by atoms with van der Waals surface area (Å²) in [7, 11) is 0. The van der Waals surface area contributed by atoms with E-state index >= 15 is 0 Å². The minimum Gasteiger partial charge on any atom is -0.441 e. The highest BCUT2D eigenvalue weighted by Crippen LogP contribution is 2.44. The molecule has 6 nitrogen and oxygen atoms in total. The highest BCUT2D eigenvalue weighted by atomic mass is 32.1. The number of aromatic nitrogens is 1. The van der Waals surface area contributed by atoms with Crippen molar-refractivity contribution in [1.29, 1.82) is 0 Å². The molecule has 0 radical (unpaired) electrons. The Morgan fingerprint density at radius 2 is 1.84 bits per heavy atom. The maximum atomic E-state index is 12.4. The molecule has 2 N–H and O–H groups in total. The molecule has 2 amide bonds. The van der Waals surface area contributed by atoms with Crippen LogP contribution in [0.25, 0.3) is 10.2 Å². The van der Waals surface area contributed by atoms with E-state index in [9.17, 15) is 9.59 Å². The van der Waals surface area contributed by atoms with Crippen molar-refractivity contribution in [3.8, 4) is 0 Å². The first-order valence-corrected chi connectivity index (χ1v) is 11.9. The van der Waals surface area contributed by atoms with Crippen LogP contribution in [-0.4, -0.2) is 33.5 Å². The Kier molecular flexibility index (Phi) is 6.46. The molecule has 1 atom stereocenters. The number of nitrogens with two attached hydrogens (primary N) is 1. The van der Waals surface area contributed by atoms with Gasteiger partial charge in [-0.1, -0.05) is 49.6 Å². The first kappa shape index (κ1) is 22.3. The SMILES string of the molecule is CC1(C)OC(=O)N(C2CCCCC2)C1c1ccccc1.NC(=O)c1ccc2scnc2c1. The second-order valence-corrected chi connectivity index (χ2v) is 9.77. The molecule has 1 aromatic heterocycles. The Labute approximate surface area is 192 Å². The third-order valence-corrected chi connectivity index (χ3v) is 7.01. The van der Waals surface area contributed by atoms with Crippen LogP contribution in [0.5, 0.6) is 0 Å². The molecule has 5 rings (SSSR count). The first-order chi connectivity index (χ1) is 15.4. The molecule has 7 heteroatoms. The van der Waals surface area contributed by atoms with Crippen LogP contribution < -0.4 is 5.73 Å². The fourth-order valence-corrected chi connectivity index (χ4v) is 5.36. The fourth-order valence-electron chi connectivity index (χ4n) is 4.70. The van der Waals surface area contributed by atoms with Gasteiger partial charge in [0.2, 0.25) is 5.91 Å². The van der Waals surface area contributed by atoms with Crippen molar-refractivity contribution < 1.29 is 14.3 Å². The molecule has 0 bridgehead atoms. The predicted molar refractivity (Wildman–Crippen MR) is 127 cm³/mol. The molecule has 3 aromatic rings. The molecule has 2 heterocycles. The molecule has 1 aliphatic carbocycles. The van der Waals surface area contributed by atoms with Gasteiger partial charge in [-0.3, -0.25) is 9.69 Å². The predicted octanol–water partition coefficient (Wildman–Crippen LogP) is 5.69. The Morgan fingerprint density at radius 1 is 1.12 bits per heavy atom. The van der Waals surface area contributed by atoms with E-state index in [-0.39, 0.29) is 12.1 Å². The topological polar surface area (TPSA) is 85.5 Å². The zero-order valence-electron chi connectivity index (χ0n) is 18.5. The number of amides is 2. The number of cyclic esters (lactones) is 1. The Morgan fingerprint density at radius 3 is 2.53 bits per heavy atom. The average Bonchev–Trinajstić information content (AvgIpc) is 3.35. The summed E-state index contributed by atoms with van der Waals surface area (Å²) in [6.07, 6.45) is 5.80. The molecular formula is C25H29N3O3S. The van der Waals surface area contributed by atoms with Crippen LogP contribution >= 0.6 is 11.3 Å². The van der Waals surface area contributed by atoms with Crippen LogP contribution in [0.3, 0.4) is 0 Å². The number of thiazole rings is 1. The molecule has 1 saturated carbocycles. The standard InChI is InChI=1S/C17H23NO2.C8H6N2OS/c1-17(2)15(13-9-5-3-6-10-13)18(16(19)20-17)14-11-7-4-8-12-14;9-8(11)5-1-2-7-6(3-5)10-4-12-7/h3,5-6,9-10,14-15H,4,7-8,11-12H2,1-2H3;1-4H,(H2,9,11). The van der Waals surface area contributed by atoms with Gasteiger partial charge < -0.3 is 10.5 Å². The molecule has 2 aromatic carbocycles. The molecule has 32 heavy (non-hydrogen) atoms. The van der Waals surface area contributed by atoms with Gasteiger partial charge in [0.05, 0.1) is 21.8 Å². The summed E-state index contributed by atoms with van der Waals surface area (Å²) < 4.78 is 6.74. The van der Waals surface area contributed by atoms with Crippen molar-refractivity contribution in [2.45, 2.75) is 63.6 Å². The van der Waals surface area contributed by atoms with Crippen molar-refractivity contribution in [1.82, 2.24) is 9.88 Å². The van der Waals surface area contributed by atoms with Gasteiger partial charge in [-0.2, -0.15) is 0 Å². The average molecular weight is 452 g/mol. The van der Waals surface area contributed by atoms with Crippen LogP contribution in [0.2, 0.25) is 0 Å². The Hall–Kier alpha value is -2.93. The summed E-state index contributed by atoms with van der Waals surface area (Å²) in [5.74, 6) is -0.412. The number of ether oxygens (including phenoxy) is 1. The number of carbonyl (C=O) groups excluding carboxylic acids is 2.